The predicted octanol–water partition coefficient (Wildman–Crippen LogP) is 0.417. The molecule has 0 aromatic carbocycles. The minimum atomic E-state index is -3.24. The predicted molar refractivity (Wildman–Crippen MR) is 98.3 cm³/mol. The number of hydrogen-bond acceptors (Lipinski definition) is 4. The molecule has 2 rings (SSSR count). The molecule has 0 aromatic heterocycles. The van der Waals surface area contributed by atoms with E-state index in [1.54, 1.807) is 7.05 Å². The van der Waals surface area contributed by atoms with E-state index < -0.39 is 15.6 Å². The number of nitrogens with zero attached hydrogens (tertiary/aromatic N) is 1. The first-order valence-corrected chi connectivity index (χ1v) is 9.19. The van der Waals surface area contributed by atoms with Gasteiger partial charge < -0.3 is 15.4 Å². The van der Waals surface area contributed by atoms with Crippen LogP contribution < -0.4 is 15.4 Å². The highest BCUT2D eigenvalue weighted by molar-refractivity contribution is 14.0. The topological polar surface area (TPSA) is 91.8 Å². The Kier molecular flexibility index (Phi) is 6.90. The molecule has 3 N–H and O–H groups in total. The van der Waals surface area contributed by atoms with Gasteiger partial charge >= 0.3 is 0 Å². The molecule has 2 bridgehead atoms. The van der Waals surface area contributed by atoms with E-state index in [1.807, 2.05) is 13.8 Å². The van der Waals surface area contributed by atoms with Crippen molar-refractivity contribution in [2.75, 3.05) is 19.8 Å². The number of fused-ring (bicyclic) bond motifs is 2. The van der Waals surface area contributed by atoms with E-state index in [9.17, 15) is 8.42 Å². The highest BCUT2D eigenvalue weighted by Gasteiger charge is 2.41. The van der Waals surface area contributed by atoms with E-state index in [0.717, 1.165) is 25.5 Å². The van der Waals surface area contributed by atoms with Crippen molar-refractivity contribution in [1.29, 1.82) is 0 Å². The average Bonchev–Trinajstić information content (AvgIpc) is 2.93. The van der Waals surface area contributed by atoms with Crippen LogP contribution in [0.25, 0.3) is 0 Å². The number of sulfonamides is 1. The number of hydrogen-bond donors (Lipinski definition) is 3. The molecule has 22 heavy (non-hydrogen) atoms. The Morgan fingerprint density at radius 2 is 2.05 bits per heavy atom. The highest BCUT2D eigenvalue weighted by Crippen LogP contribution is 2.34. The van der Waals surface area contributed by atoms with Crippen LogP contribution in [0.3, 0.4) is 0 Å². The summed E-state index contributed by atoms with van der Waals surface area (Å²) < 4.78 is 31.1. The van der Waals surface area contributed by atoms with E-state index in [2.05, 4.69) is 20.3 Å². The number of guanidine groups is 1. The van der Waals surface area contributed by atoms with Gasteiger partial charge in [0.1, 0.15) is 0 Å². The zero-order valence-electron chi connectivity index (χ0n) is 13.5. The van der Waals surface area contributed by atoms with Gasteiger partial charge in [-0.15, -0.1) is 24.0 Å². The maximum atomic E-state index is 11.3. The average molecular weight is 446 g/mol. The maximum absolute atomic E-state index is 11.3. The summed E-state index contributed by atoms with van der Waals surface area (Å²) in [4.78, 5) is 4.20. The van der Waals surface area contributed by atoms with Crippen molar-refractivity contribution in [3.8, 4) is 0 Å². The van der Waals surface area contributed by atoms with E-state index in [1.165, 1.54) is 0 Å². The lowest BCUT2D eigenvalue weighted by molar-refractivity contribution is 0.0992. The van der Waals surface area contributed by atoms with Gasteiger partial charge in [0.15, 0.2) is 5.96 Å². The monoisotopic (exact) mass is 446 g/mol. The Hall–Kier alpha value is -0.130. The van der Waals surface area contributed by atoms with Crippen LogP contribution in [0.1, 0.15) is 33.1 Å². The van der Waals surface area contributed by atoms with E-state index in [-0.39, 0.29) is 30.1 Å². The van der Waals surface area contributed by atoms with Crippen molar-refractivity contribution in [2.45, 2.75) is 56.9 Å². The summed E-state index contributed by atoms with van der Waals surface area (Å²) in [7, 11) is -1.53. The molecule has 0 radical (unpaired) electrons. The minimum absolute atomic E-state index is 0. The molecule has 2 heterocycles. The van der Waals surface area contributed by atoms with Gasteiger partial charge in [-0.25, -0.2) is 13.1 Å². The first kappa shape index (κ1) is 19.9. The highest BCUT2D eigenvalue weighted by atomic mass is 127. The summed E-state index contributed by atoms with van der Waals surface area (Å²) in [5, 5.41) is 6.54. The molecule has 0 aliphatic carbocycles. The molecule has 130 valence electrons. The number of ether oxygens (including phenoxy) is 1. The van der Waals surface area contributed by atoms with Crippen LogP contribution >= 0.6 is 24.0 Å². The van der Waals surface area contributed by atoms with Crippen molar-refractivity contribution < 1.29 is 13.2 Å². The van der Waals surface area contributed by atoms with Gasteiger partial charge in [0.05, 0.1) is 24.5 Å². The molecular formula is C13H27IN4O3S. The van der Waals surface area contributed by atoms with E-state index in [0.29, 0.717) is 24.7 Å². The lowest BCUT2D eigenvalue weighted by Crippen LogP contribution is -2.55. The second-order valence-corrected chi connectivity index (χ2v) is 8.29. The normalized spacial score (nSPS) is 28.4. The van der Waals surface area contributed by atoms with Gasteiger partial charge in [-0.1, -0.05) is 0 Å². The molecule has 0 spiro atoms. The standard InChI is InChI=1S/C13H26N4O3S.HI/c1-13(2,17-21(4,18)19)8-15-12(14-3)16-10-7-9-5-6-11(10)20-9;/h9-11,17H,5-8H2,1-4H3,(H2,14,15,16);1H. The number of aliphatic imine (C=N–C) groups is 1. The molecule has 9 heteroatoms. The second kappa shape index (κ2) is 7.63. The summed E-state index contributed by atoms with van der Waals surface area (Å²) in [6, 6.07) is 0.293. The fraction of sp³-hybridized carbons (Fsp3) is 0.923. The van der Waals surface area contributed by atoms with Gasteiger partial charge in [-0.3, -0.25) is 4.99 Å². The smallest absolute Gasteiger partial charge is 0.209 e. The molecule has 0 saturated carbocycles. The summed E-state index contributed by atoms with van der Waals surface area (Å²) in [5.74, 6) is 0.680. The number of rotatable bonds is 5. The van der Waals surface area contributed by atoms with Crippen LogP contribution in [0.4, 0.5) is 0 Å². The Morgan fingerprint density at radius 1 is 1.36 bits per heavy atom. The Bertz CT molecular complexity index is 509. The Labute approximate surface area is 150 Å². The number of nitrogens with one attached hydrogen (secondary N) is 3. The van der Waals surface area contributed by atoms with Crippen molar-refractivity contribution in [3.05, 3.63) is 0 Å². The third kappa shape index (κ3) is 5.82. The first-order chi connectivity index (χ1) is 9.68. The molecule has 2 aliphatic heterocycles. The molecule has 3 unspecified atom stereocenters. The molecule has 3 atom stereocenters. The zero-order valence-corrected chi connectivity index (χ0v) is 16.7. The Balaban J connectivity index is 0.00000242. The van der Waals surface area contributed by atoms with Crippen LogP contribution in [0.2, 0.25) is 0 Å². The number of halogens is 1. The Morgan fingerprint density at radius 3 is 2.50 bits per heavy atom. The van der Waals surface area contributed by atoms with E-state index >= 15 is 0 Å². The van der Waals surface area contributed by atoms with Crippen molar-refractivity contribution in [2.24, 2.45) is 4.99 Å². The van der Waals surface area contributed by atoms with Crippen molar-refractivity contribution in [1.82, 2.24) is 15.4 Å². The summed E-state index contributed by atoms with van der Waals surface area (Å²) in [6.45, 7) is 4.10. The third-order valence-electron chi connectivity index (χ3n) is 3.81. The van der Waals surface area contributed by atoms with Gasteiger partial charge in [0, 0.05) is 19.1 Å². The van der Waals surface area contributed by atoms with Gasteiger partial charge in [-0.2, -0.15) is 0 Å². The first-order valence-electron chi connectivity index (χ1n) is 7.30. The molecular weight excluding hydrogens is 419 g/mol. The fourth-order valence-corrected chi connectivity index (χ4v) is 4.08. The molecule has 2 saturated heterocycles. The largest absolute Gasteiger partial charge is 0.373 e. The van der Waals surface area contributed by atoms with Gasteiger partial charge in [-0.05, 0) is 33.1 Å². The molecule has 7 nitrogen and oxygen atoms in total. The fourth-order valence-electron chi connectivity index (χ4n) is 3.00. The zero-order chi connectivity index (χ0) is 15.7. The quantitative estimate of drug-likeness (QED) is 0.324. The minimum Gasteiger partial charge on any atom is -0.373 e. The van der Waals surface area contributed by atoms with Crippen LogP contribution in [0, 0.1) is 0 Å². The van der Waals surface area contributed by atoms with E-state index in [4.69, 9.17) is 4.74 Å². The maximum Gasteiger partial charge on any atom is 0.209 e. The summed E-state index contributed by atoms with van der Waals surface area (Å²) in [6.07, 6.45) is 5.08. The molecule has 0 amide bonds. The summed E-state index contributed by atoms with van der Waals surface area (Å²) in [5.41, 5.74) is -0.587. The van der Waals surface area contributed by atoms with Crippen LogP contribution in [0.5, 0.6) is 0 Å². The van der Waals surface area contributed by atoms with Gasteiger partial charge in [0.25, 0.3) is 0 Å². The van der Waals surface area contributed by atoms with Crippen LogP contribution in [-0.4, -0.2) is 58.0 Å². The van der Waals surface area contributed by atoms with Crippen molar-refractivity contribution in [3.63, 3.8) is 0 Å². The van der Waals surface area contributed by atoms with Crippen LogP contribution in [-0.2, 0) is 14.8 Å². The molecule has 2 aliphatic rings. The van der Waals surface area contributed by atoms with Crippen molar-refractivity contribution >= 4 is 40.0 Å². The lowest BCUT2D eigenvalue weighted by Gasteiger charge is -2.28. The molecule has 2 fully saturated rings. The second-order valence-electron chi connectivity index (χ2n) is 6.54. The lowest BCUT2D eigenvalue weighted by atomic mass is 9.96. The molecule has 0 aromatic rings. The van der Waals surface area contributed by atoms with Gasteiger partial charge in [0.2, 0.25) is 10.0 Å². The summed E-state index contributed by atoms with van der Waals surface area (Å²) >= 11 is 0. The van der Waals surface area contributed by atoms with Crippen LogP contribution in [0.15, 0.2) is 4.99 Å². The third-order valence-corrected chi connectivity index (χ3v) is 4.73. The SMILES string of the molecule is CN=C(NCC(C)(C)NS(C)(=O)=O)NC1CC2CCC1O2.I.